The van der Waals surface area contributed by atoms with Gasteiger partial charge in [-0.2, -0.15) is 0 Å². The normalized spacial score (nSPS) is 18.5. The summed E-state index contributed by atoms with van der Waals surface area (Å²) in [7, 11) is 2.18. The Labute approximate surface area is 91.1 Å². The minimum atomic E-state index is 0.860. The van der Waals surface area contributed by atoms with Crippen molar-refractivity contribution in [2.75, 3.05) is 26.7 Å². The van der Waals surface area contributed by atoms with Gasteiger partial charge in [0.2, 0.25) is 0 Å². The zero-order valence-electron chi connectivity index (χ0n) is 9.37. The monoisotopic (exact) mass is 208 g/mol. The molecule has 1 fully saturated rings. The molecule has 1 saturated heterocycles. The van der Waals surface area contributed by atoms with Crippen molar-refractivity contribution in [3.63, 3.8) is 0 Å². The molecular weight excluding hydrogens is 188 g/mol. The minimum Gasteiger partial charge on any atom is -0.347 e. The fraction of sp³-hybridized carbons (Fsp3) is 0.727. The zero-order chi connectivity index (χ0) is 10.5. The van der Waals surface area contributed by atoms with Crippen LogP contribution in [0.4, 0.5) is 0 Å². The average Bonchev–Trinajstić information content (AvgIpc) is 2.71. The molecule has 0 saturated carbocycles. The second-order valence-electron chi connectivity index (χ2n) is 4.47. The molecular formula is C11H20N4. The van der Waals surface area contributed by atoms with Crippen LogP contribution in [0.3, 0.4) is 0 Å². The van der Waals surface area contributed by atoms with Crippen molar-refractivity contribution in [2.24, 2.45) is 5.92 Å². The molecule has 0 bridgehead atoms. The summed E-state index contributed by atoms with van der Waals surface area (Å²) >= 11 is 0. The zero-order valence-corrected chi connectivity index (χ0v) is 9.37. The highest BCUT2D eigenvalue weighted by Crippen LogP contribution is 2.13. The molecule has 0 unspecified atom stereocenters. The van der Waals surface area contributed by atoms with Gasteiger partial charge in [-0.05, 0) is 38.9 Å². The lowest BCUT2D eigenvalue weighted by Crippen LogP contribution is -2.34. The summed E-state index contributed by atoms with van der Waals surface area (Å²) in [6.45, 7) is 4.54. The molecule has 15 heavy (non-hydrogen) atoms. The van der Waals surface area contributed by atoms with Crippen LogP contribution in [0.2, 0.25) is 0 Å². The van der Waals surface area contributed by atoms with Gasteiger partial charge in [0.05, 0.1) is 6.33 Å². The number of hydrogen-bond acceptors (Lipinski definition) is 3. The van der Waals surface area contributed by atoms with E-state index in [0.717, 1.165) is 12.5 Å². The van der Waals surface area contributed by atoms with Gasteiger partial charge in [-0.1, -0.05) is 0 Å². The second kappa shape index (κ2) is 5.28. The van der Waals surface area contributed by atoms with Crippen LogP contribution in [0.15, 0.2) is 12.5 Å². The molecule has 0 aliphatic carbocycles. The van der Waals surface area contributed by atoms with Crippen LogP contribution in [-0.2, 0) is 6.54 Å². The number of aromatic amines is 1. The Morgan fingerprint density at radius 3 is 2.93 bits per heavy atom. The lowest BCUT2D eigenvalue weighted by Gasteiger charge is -2.27. The Balaban J connectivity index is 1.74. The molecule has 1 aromatic rings. The van der Waals surface area contributed by atoms with Crippen molar-refractivity contribution in [1.82, 2.24) is 20.2 Å². The van der Waals surface area contributed by atoms with Crippen molar-refractivity contribution in [3.8, 4) is 0 Å². The number of rotatable bonds is 4. The third-order valence-corrected chi connectivity index (χ3v) is 3.02. The molecule has 0 amide bonds. The first-order valence-electron chi connectivity index (χ1n) is 5.71. The van der Waals surface area contributed by atoms with E-state index in [1.807, 2.05) is 6.20 Å². The highest BCUT2D eigenvalue weighted by molar-refractivity contribution is 4.93. The molecule has 0 spiro atoms. The fourth-order valence-electron chi connectivity index (χ4n) is 2.23. The third kappa shape index (κ3) is 3.32. The molecule has 1 aliphatic heterocycles. The molecule has 2 N–H and O–H groups in total. The topological polar surface area (TPSA) is 44.0 Å². The summed E-state index contributed by atoms with van der Waals surface area (Å²) in [6.07, 6.45) is 6.27. The van der Waals surface area contributed by atoms with E-state index < -0.39 is 0 Å². The highest BCUT2D eigenvalue weighted by Gasteiger charge is 2.15. The summed E-state index contributed by atoms with van der Waals surface area (Å²) in [5.41, 5.74) is 1.20. The number of piperidine rings is 1. The molecule has 2 heterocycles. The first kappa shape index (κ1) is 10.6. The number of imidazole rings is 1. The second-order valence-corrected chi connectivity index (χ2v) is 4.47. The van der Waals surface area contributed by atoms with Crippen LogP contribution in [0.5, 0.6) is 0 Å². The van der Waals surface area contributed by atoms with Crippen molar-refractivity contribution in [2.45, 2.75) is 19.4 Å². The predicted molar refractivity (Wildman–Crippen MR) is 60.5 cm³/mol. The van der Waals surface area contributed by atoms with Crippen molar-refractivity contribution in [3.05, 3.63) is 18.2 Å². The average molecular weight is 208 g/mol. The largest absolute Gasteiger partial charge is 0.347 e. The van der Waals surface area contributed by atoms with E-state index in [1.165, 1.54) is 38.2 Å². The summed E-state index contributed by atoms with van der Waals surface area (Å²) in [6, 6.07) is 0. The number of aromatic nitrogens is 2. The van der Waals surface area contributed by atoms with Crippen LogP contribution >= 0.6 is 0 Å². The van der Waals surface area contributed by atoms with E-state index in [2.05, 4.69) is 27.2 Å². The van der Waals surface area contributed by atoms with Gasteiger partial charge < -0.3 is 15.2 Å². The first-order valence-corrected chi connectivity index (χ1v) is 5.71. The lowest BCUT2D eigenvalue weighted by molar-refractivity contribution is 0.233. The minimum absolute atomic E-state index is 0.860. The summed E-state index contributed by atoms with van der Waals surface area (Å²) in [5.74, 6) is 0.860. The van der Waals surface area contributed by atoms with Gasteiger partial charge in [-0.3, -0.25) is 0 Å². The maximum atomic E-state index is 4.03. The Kier molecular flexibility index (Phi) is 3.75. The predicted octanol–water partition coefficient (Wildman–Crippen LogP) is 0.841. The van der Waals surface area contributed by atoms with Crippen molar-refractivity contribution >= 4 is 0 Å². The van der Waals surface area contributed by atoms with Gasteiger partial charge in [0.25, 0.3) is 0 Å². The van der Waals surface area contributed by atoms with E-state index in [4.69, 9.17) is 0 Å². The summed E-state index contributed by atoms with van der Waals surface area (Å²) in [4.78, 5) is 9.55. The van der Waals surface area contributed by atoms with Gasteiger partial charge in [0.1, 0.15) is 0 Å². The van der Waals surface area contributed by atoms with Crippen molar-refractivity contribution in [1.29, 1.82) is 0 Å². The quantitative estimate of drug-likeness (QED) is 0.770. The van der Waals surface area contributed by atoms with E-state index in [1.54, 1.807) is 6.33 Å². The summed E-state index contributed by atoms with van der Waals surface area (Å²) < 4.78 is 0. The third-order valence-electron chi connectivity index (χ3n) is 3.02. The molecule has 0 radical (unpaired) electrons. The Hall–Kier alpha value is -0.870. The lowest BCUT2D eigenvalue weighted by atomic mass is 9.98. The molecule has 84 valence electrons. The van der Waals surface area contributed by atoms with Gasteiger partial charge in [-0.15, -0.1) is 0 Å². The number of nitrogens with one attached hydrogen (secondary N) is 2. The van der Waals surface area contributed by atoms with Crippen LogP contribution in [0.25, 0.3) is 0 Å². The molecule has 1 aromatic heterocycles. The highest BCUT2D eigenvalue weighted by atomic mass is 15.1. The number of H-pyrrole nitrogens is 1. The van der Waals surface area contributed by atoms with E-state index >= 15 is 0 Å². The van der Waals surface area contributed by atoms with Gasteiger partial charge in [0, 0.05) is 25.0 Å². The molecule has 4 heteroatoms. The molecule has 2 rings (SSSR count). The van der Waals surface area contributed by atoms with Crippen LogP contribution in [0, 0.1) is 5.92 Å². The molecule has 0 atom stereocenters. The maximum Gasteiger partial charge on any atom is 0.0922 e. The number of nitrogens with zero attached hydrogens (tertiary/aromatic N) is 2. The van der Waals surface area contributed by atoms with Gasteiger partial charge >= 0.3 is 0 Å². The Bertz CT molecular complexity index is 264. The molecule has 0 aromatic carbocycles. The van der Waals surface area contributed by atoms with Crippen LogP contribution < -0.4 is 5.32 Å². The smallest absolute Gasteiger partial charge is 0.0922 e. The Morgan fingerprint density at radius 2 is 2.27 bits per heavy atom. The van der Waals surface area contributed by atoms with Crippen LogP contribution in [0.1, 0.15) is 18.5 Å². The molecule has 1 aliphatic rings. The van der Waals surface area contributed by atoms with E-state index in [-0.39, 0.29) is 0 Å². The number of hydrogen-bond donors (Lipinski definition) is 2. The first-order chi connectivity index (χ1) is 7.34. The fourth-order valence-corrected chi connectivity index (χ4v) is 2.23. The Morgan fingerprint density at radius 1 is 1.47 bits per heavy atom. The standard InChI is InChI=1S/C11H20N4/c1-15(8-11-6-13-9-14-11)7-10-2-4-12-5-3-10/h6,9-10,12H,2-5,7-8H2,1H3,(H,13,14). The molecule has 4 nitrogen and oxygen atoms in total. The van der Waals surface area contributed by atoms with E-state index in [9.17, 15) is 0 Å². The maximum absolute atomic E-state index is 4.03. The van der Waals surface area contributed by atoms with E-state index in [0.29, 0.717) is 0 Å². The summed E-state index contributed by atoms with van der Waals surface area (Å²) in [5, 5.41) is 3.40. The van der Waals surface area contributed by atoms with Gasteiger partial charge in [0.15, 0.2) is 0 Å². The SMILES string of the molecule is CN(Cc1cnc[nH]1)CC1CCNCC1. The van der Waals surface area contributed by atoms with Gasteiger partial charge in [-0.25, -0.2) is 4.98 Å². The van der Waals surface area contributed by atoms with Crippen molar-refractivity contribution < 1.29 is 0 Å². The van der Waals surface area contributed by atoms with Crippen LogP contribution in [-0.4, -0.2) is 41.5 Å².